The van der Waals surface area contributed by atoms with Crippen LogP contribution in [0.1, 0.15) is 53.2 Å². The Morgan fingerprint density at radius 3 is 2.48 bits per heavy atom. The number of Topliss-reactive ketones (excluding diaryl/α,β-unsaturated/α-hetero) is 1. The third-order valence-electron chi connectivity index (χ3n) is 5.40. The lowest BCUT2D eigenvalue weighted by Crippen LogP contribution is -2.35. The minimum Gasteiger partial charge on any atom is -0.457 e. The molecule has 8 heteroatoms. The van der Waals surface area contributed by atoms with Crippen LogP contribution < -0.4 is 5.32 Å². The minimum absolute atomic E-state index is 0.126. The zero-order valence-electron chi connectivity index (χ0n) is 17.9. The molecule has 1 aromatic carbocycles. The van der Waals surface area contributed by atoms with Crippen molar-refractivity contribution in [1.29, 1.82) is 0 Å². The summed E-state index contributed by atoms with van der Waals surface area (Å²) in [6.45, 7) is 5.46. The van der Waals surface area contributed by atoms with Crippen LogP contribution in [0.3, 0.4) is 0 Å². The summed E-state index contributed by atoms with van der Waals surface area (Å²) in [5, 5.41) is 3.60. The van der Waals surface area contributed by atoms with Crippen LogP contribution in [0.15, 0.2) is 36.4 Å². The van der Waals surface area contributed by atoms with E-state index in [2.05, 4.69) is 10.3 Å². The summed E-state index contributed by atoms with van der Waals surface area (Å²) in [4.78, 5) is 42.6. The zero-order valence-corrected chi connectivity index (χ0v) is 19.5. The van der Waals surface area contributed by atoms with E-state index in [1.165, 1.54) is 18.3 Å². The number of ketones is 1. The van der Waals surface area contributed by atoms with Crippen LogP contribution in [-0.4, -0.2) is 29.3 Å². The van der Waals surface area contributed by atoms with Crippen molar-refractivity contribution in [3.05, 3.63) is 51.2 Å². The van der Waals surface area contributed by atoms with Crippen molar-refractivity contribution < 1.29 is 19.1 Å². The summed E-state index contributed by atoms with van der Waals surface area (Å²) >= 11 is 2.88. The van der Waals surface area contributed by atoms with Gasteiger partial charge >= 0.3 is 5.97 Å². The number of amides is 1. The predicted octanol–water partition coefficient (Wildman–Crippen LogP) is 4.77. The Morgan fingerprint density at radius 2 is 1.81 bits per heavy atom. The summed E-state index contributed by atoms with van der Waals surface area (Å²) < 4.78 is 6.58. The Morgan fingerprint density at radius 1 is 1.06 bits per heavy atom. The molecule has 164 valence electrons. The van der Waals surface area contributed by atoms with Crippen molar-refractivity contribution in [3.63, 3.8) is 0 Å². The predicted molar refractivity (Wildman–Crippen MR) is 123 cm³/mol. The molecule has 0 aliphatic heterocycles. The summed E-state index contributed by atoms with van der Waals surface area (Å²) in [6.07, 6.45) is 1.70. The lowest BCUT2D eigenvalue weighted by Gasteiger charge is -2.28. The highest BCUT2D eigenvalue weighted by Gasteiger charge is 2.38. The van der Waals surface area contributed by atoms with Gasteiger partial charge in [0.05, 0.1) is 32.1 Å². The number of benzene rings is 1. The Balaban J connectivity index is 1.64. The number of esters is 1. The van der Waals surface area contributed by atoms with Gasteiger partial charge in [-0.25, -0.2) is 4.98 Å². The number of nitrogens with zero attached hydrogens (tertiary/aromatic N) is 1. The minimum atomic E-state index is -0.708. The molecule has 0 unspecified atom stereocenters. The standard InChI is InChI=1S/C23H26N2O4S2/c1-4-23(5-2,12-21-25-17-8-6-7-9-19(17)31-21)22(28)29-14-18(27)20-11-10-16(30-20)13-24-15(3)26/h6-11H,4-5,12-14H2,1-3H3,(H,24,26). The van der Waals surface area contributed by atoms with E-state index in [0.29, 0.717) is 30.7 Å². The molecule has 6 nitrogen and oxygen atoms in total. The molecule has 0 radical (unpaired) electrons. The molecule has 0 bridgehead atoms. The molecule has 3 rings (SSSR count). The monoisotopic (exact) mass is 458 g/mol. The molecule has 0 fully saturated rings. The summed E-state index contributed by atoms with van der Waals surface area (Å²) in [6, 6.07) is 11.4. The fraction of sp³-hybridized carbons (Fsp3) is 0.391. The fourth-order valence-corrected chi connectivity index (χ4v) is 5.32. The van der Waals surface area contributed by atoms with Gasteiger partial charge in [0.15, 0.2) is 6.61 Å². The SMILES string of the molecule is CCC(CC)(Cc1nc2ccccc2s1)C(=O)OCC(=O)c1ccc(CNC(C)=O)s1. The summed E-state index contributed by atoms with van der Waals surface area (Å²) in [7, 11) is 0. The highest BCUT2D eigenvalue weighted by Crippen LogP contribution is 2.35. The maximum atomic E-state index is 13.0. The van der Waals surface area contributed by atoms with Gasteiger partial charge in [0.2, 0.25) is 11.7 Å². The van der Waals surface area contributed by atoms with E-state index < -0.39 is 5.41 Å². The number of hydrogen-bond donors (Lipinski definition) is 1. The van der Waals surface area contributed by atoms with Crippen LogP contribution in [0.4, 0.5) is 0 Å². The molecule has 0 saturated heterocycles. The second-order valence-corrected chi connectivity index (χ2v) is 9.70. The number of aromatic nitrogens is 1. The number of carbonyl (C=O) groups is 3. The number of thiazole rings is 1. The molecule has 1 N–H and O–H groups in total. The van der Waals surface area contributed by atoms with Crippen LogP contribution in [-0.2, 0) is 27.3 Å². The lowest BCUT2D eigenvalue weighted by molar-refractivity contribution is -0.155. The fourth-order valence-electron chi connectivity index (χ4n) is 3.34. The van der Waals surface area contributed by atoms with E-state index in [9.17, 15) is 14.4 Å². The normalized spacial score (nSPS) is 11.5. The molecule has 0 saturated carbocycles. The number of thiophene rings is 1. The zero-order chi connectivity index (χ0) is 22.4. The lowest BCUT2D eigenvalue weighted by atomic mass is 9.79. The third kappa shape index (κ3) is 5.57. The summed E-state index contributed by atoms with van der Waals surface area (Å²) in [5.41, 5.74) is 0.222. The number of nitrogens with one attached hydrogen (secondary N) is 1. The molecule has 0 aliphatic rings. The molecular formula is C23H26N2O4S2. The van der Waals surface area contributed by atoms with Gasteiger partial charge in [-0.15, -0.1) is 22.7 Å². The van der Waals surface area contributed by atoms with E-state index >= 15 is 0 Å². The van der Waals surface area contributed by atoms with E-state index in [1.807, 2.05) is 38.1 Å². The largest absolute Gasteiger partial charge is 0.457 e. The summed E-state index contributed by atoms with van der Waals surface area (Å²) in [5.74, 6) is -0.729. The highest BCUT2D eigenvalue weighted by molar-refractivity contribution is 7.18. The number of para-hydroxylation sites is 1. The van der Waals surface area contributed by atoms with Gasteiger partial charge in [-0.1, -0.05) is 26.0 Å². The average molecular weight is 459 g/mol. The number of hydrogen-bond acceptors (Lipinski definition) is 7. The molecule has 0 atom stereocenters. The van der Waals surface area contributed by atoms with Gasteiger partial charge in [0, 0.05) is 18.2 Å². The molecule has 31 heavy (non-hydrogen) atoms. The Kier molecular flexibility index (Phi) is 7.56. The maximum absolute atomic E-state index is 13.0. The van der Waals surface area contributed by atoms with Gasteiger partial charge < -0.3 is 10.1 Å². The Bertz CT molecular complexity index is 1050. The van der Waals surface area contributed by atoms with Crippen molar-refractivity contribution >= 4 is 50.5 Å². The first-order valence-corrected chi connectivity index (χ1v) is 11.9. The molecule has 0 aliphatic carbocycles. The second kappa shape index (κ2) is 10.2. The van der Waals surface area contributed by atoms with Gasteiger partial charge in [0.25, 0.3) is 0 Å². The van der Waals surface area contributed by atoms with E-state index in [1.54, 1.807) is 23.5 Å². The molecule has 3 aromatic rings. The van der Waals surface area contributed by atoms with Gasteiger partial charge in [-0.3, -0.25) is 14.4 Å². The van der Waals surface area contributed by atoms with Crippen LogP contribution in [0.2, 0.25) is 0 Å². The second-order valence-electron chi connectivity index (χ2n) is 7.41. The topological polar surface area (TPSA) is 85.4 Å². The highest BCUT2D eigenvalue weighted by atomic mass is 32.1. The van der Waals surface area contributed by atoms with Crippen molar-refractivity contribution in [2.75, 3.05) is 6.61 Å². The number of rotatable bonds is 10. The Labute approximate surface area is 189 Å². The first kappa shape index (κ1) is 23.1. The van der Waals surface area contributed by atoms with Crippen molar-refractivity contribution in [2.45, 2.75) is 46.6 Å². The van der Waals surface area contributed by atoms with Gasteiger partial charge in [-0.05, 0) is 37.1 Å². The molecule has 0 spiro atoms. The van der Waals surface area contributed by atoms with Crippen molar-refractivity contribution in [1.82, 2.24) is 10.3 Å². The molecule has 2 heterocycles. The number of ether oxygens (including phenoxy) is 1. The molecule has 2 aromatic heterocycles. The first-order valence-electron chi connectivity index (χ1n) is 10.2. The molecular weight excluding hydrogens is 432 g/mol. The van der Waals surface area contributed by atoms with Crippen LogP contribution >= 0.6 is 22.7 Å². The van der Waals surface area contributed by atoms with Gasteiger partial charge in [0.1, 0.15) is 0 Å². The Hall–Kier alpha value is -2.58. The number of fused-ring (bicyclic) bond motifs is 1. The average Bonchev–Trinajstić information content (AvgIpc) is 3.40. The smallest absolute Gasteiger partial charge is 0.312 e. The van der Waals surface area contributed by atoms with Crippen LogP contribution in [0.25, 0.3) is 10.2 Å². The van der Waals surface area contributed by atoms with Crippen molar-refractivity contribution in [3.8, 4) is 0 Å². The molecule has 1 amide bonds. The van der Waals surface area contributed by atoms with Crippen molar-refractivity contribution in [2.24, 2.45) is 5.41 Å². The van der Waals surface area contributed by atoms with Crippen LogP contribution in [0.5, 0.6) is 0 Å². The first-order chi connectivity index (χ1) is 14.9. The third-order valence-corrected chi connectivity index (χ3v) is 7.56. The van der Waals surface area contributed by atoms with Gasteiger partial charge in [-0.2, -0.15) is 0 Å². The van der Waals surface area contributed by atoms with Crippen LogP contribution in [0, 0.1) is 5.41 Å². The maximum Gasteiger partial charge on any atom is 0.312 e. The quantitative estimate of drug-likeness (QED) is 0.349. The van der Waals surface area contributed by atoms with E-state index in [-0.39, 0.29) is 24.3 Å². The van der Waals surface area contributed by atoms with E-state index in [0.717, 1.165) is 20.1 Å². The number of carbonyl (C=O) groups excluding carboxylic acids is 3. The van der Waals surface area contributed by atoms with E-state index in [4.69, 9.17) is 4.74 Å².